The van der Waals surface area contributed by atoms with Crippen LogP contribution in [0, 0.1) is 17.8 Å². The number of unbranched alkanes of at least 4 members (excludes halogenated alkanes) is 1. The molecule has 1 fully saturated rings. The first-order valence-electron chi connectivity index (χ1n) is 10.5. The fourth-order valence-corrected chi connectivity index (χ4v) is 4.70. The Morgan fingerprint density at radius 2 is 1.70 bits per heavy atom. The van der Waals surface area contributed by atoms with Gasteiger partial charge >= 0.3 is 0 Å². The summed E-state index contributed by atoms with van der Waals surface area (Å²) in [5.41, 5.74) is 2.67. The van der Waals surface area contributed by atoms with Crippen LogP contribution in [-0.2, 0) is 12.8 Å². The molecule has 2 aliphatic carbocycles. The van der Waals surface area contributed by atoms with Crippen molar-refractivity contribution in [2.24, 2.45) is 17.8 Å². The molecule has 1 saturated carbocycles. The second kappa shape index (κ2) is 9.68. The van der Waals surface area contributed by atoms with Crippen molar-refractivity contribution >= 4 is 0 Å². The third-order valence-corrected chi connectivity index (χ3v) is 6.30. The zero-order chi connectivity index (χ0) is 19.2. The number of hydrogen-bond donors (Lipinski definition) is 3. The van der Waals surface area contributed by atoms with Crippen LogP contribution in [0.5, 0.6) is 0 Å². The maximum atomic E-state index is 10.7. The molecule has 0 unspecified atom stereocenters. The predicted octanol–water partition coefficient (Wildman–Crippen LogP) is 3.81. The zero-order valence-electron chi connectivity index (χ0n) is 16.4. The van der Waals surface area contributed by atoms with Crippen molar-refractivity contribution in [2.75, 3.05) is 0 Å². The third-order valence-electron chi connectivity index (χ3n) is 6.30. The molecule has 0 radical (unpaired) electrons. The molecule has 5 atom stereocenters. The van der Waals surface area contributed by atoms with Crippen LogP contribution in [-0.4, -0.2) is 33.6 Å². The number of hydrogen-bond acceptors (Lipinski definition) is 3. The Morgan fingerprint density at radius 3 is 2.37 bits per heavy atom. The lowest BCUT2D eigenvalue weighted by Crippen LogP contribution is -2.22. The largest absolute Gasteiger partial charge is 0.393 e. The summed E-state index contributed by atoms with van der Waals surface area (Å²) in [5, 5.41) is 31.4. The molecule has 0 heterocycles. The van der Waals surface area contributed by atoms with Crippen molar-refractivity contribution in [3.8, 4) is 0 Å². The van der Waals surface area contributed by atoms with Gasteiger partial charge in [0.05, 0.1) is 18.3 Å². The molecule has 0 aromatic heterocycles. The normalized spacial score (nSPS) is 29.8. The molecule has 3 heteroatoms. The average Bonchev–Trinajstić information content (AvgIpc) is 3.20. The summed E-state index contributed by atoms with van der Waals surface area (Å²) in [4.78, 5) is 0. The van der Waals surface area contributed by atoms with Crippen LogP contribution in [0.3, 0.4) is 0 Å². The fraction of sp³-hybridized carbons (Fsp3) is 0.583. The van der Waals surface area contributed by atoms with Crippen molar-refractivity contribution in [1.82, 2.24) is 0 Å². The summed E-state index contributed by atoms with van der Waals surface area (Å²) < 4.78 is 0. The molecule has 0 amide bonds. The molecule has 3 nitrogen and oxygen atoms in total. The van der Waals surface area contributed by atoms with Crippen molar-refractivity contribution in [3.63, 3.8) is 0 Å². The number of allylic oxidation sites excluding steroid dienone is 2. The Balaban J connectivity index is 1.57. The van der Waals surface area contributed by atoms with Gasteiger partial charge in [-0.15, -0.1) is 0 Å². The topological polar surface area (TPSA) is 60.7 Å². The van der Waals surface area contributed by atoms with E-state index in [4.69, 9.17) is 0 Å². The minimum Gasteiger partial charge on any atom is -0.393 e. The molecule has 148 valence electrons. The molecule has 27 heavy (non-hydrogen) atoms. The van der Waals surface area contributed by atoms with Gasteiger partial charge in [0.25, 0.3) is 0 Å². The van der Waals surface area contributed by atoms with Gasteiger partial charge in [-0.1, -0.05) is 61.9 Å². The van der Waals surface area contributed by atoms with Crippen molar-refractivity contribution < 1.29 is 15.3 Å². The Kier molecular flexibility index (Phi) is 7.28. The van der Waals surface area contributed by atoms with Crippen LogP contribution in [0.2, 0.25) is 0 Å². The van der Waals surface area contributed by atoms with Gasteiger partial charge in [0.1, 0.15) is 0 Å². The molecule has 0 bridgehead atoms. The zero-order valence-corrected chi connectivity index (χ0v) is 16.4. The summed E-state index contributed by atoms with van der Waals surface area (Å²) >= 11 is 0. The minimum absolute atomic E-state index is 0.0653. The molecule has 0 saturated heterocycles. The quantitative estimate of drug-likeness (QED) is 0.610. The molecular formula is C24H34O3. The summed E-state index contributed by atoms with van der Waals surface area (Å²) in [6, 6.07) is 8.40. The van der Waals surface area contributed by atoms with E-state index in [-0.39, 0.29) is 17.8 Å². The monoisotopic (exact) mass is 370 g/mol. The SMILES string of the molecule is CCC/C=C\CC[C@@H]1[C@@H](/C=C/[C@@H](O)C2Cc3ccccc3C2)[C@H](O)C[C@@H]1O. The van der Waals surface area contributed by atoms with Crippen LogP contribution >= 0.6 is 0 Å². The Bertz CT molecular complexity index is 626. The van der Waals surface area contributed by atoms with E-state index in [0.717, 1.165) is 38.5 Å². The summed E-state index contributed by atoms with van der Waals surface area (Å²) in [6.45, 7) is 2.16. The maximum Gasteiger partial charge on any atom is 0.0755 e. The highest BCUT2D eigenvalue weighted by molar-refractivity contribution is 5.33. The van der Waals surface area contributed by atoms with Gasteiger partial charge in [-0.05, 0) is 55.1 Å². The third kappa shape index (κ3) is 5.10. The van der Waals surface area contributed by atoms with Crippen LogP contribution in [0.4, 0.5) is 0 Å². The van der Waals surface area contributed by atoms with E-state index in [1.165, 1.54) is 11.1 Å². The van der Waals surface area contributed by atoms with Gasteiger partial charge in [-0.3, -0.25) is 0 Å². The standard InChI is InChI=1S/C24H34O3/c1-2-3-4-5-6-11-20-21(24(27)16-23(20)26)12-13-22(25)19-14-17-9-7-8-10-18(17)15-19/h4-5,7-10,12-13,19-27H,2-3,6,11,14-16H2,1H3/b5-4-,13-12+/t20-,21-,22-,23+,24-/m1/s1. The van der Waals surface area contributed by atoms with E-state index in [1.807, 2.05) is 12.2 Å². The van der Waals surface area contributed by atoms with Gasteiger partial charge in [0.15, 0.2) is 0 Å². The van der Waals surface area contributed by atoms with Crippen LogP contribution < -0.4 is 0 Å². The second-order valence-corrected chi connectivity index (χ2v) is 8.26. The minimum atomic E-state index is -0.520. The molecule has 3 N–H and O–H groups in total. The van der Waals surface area contributed by atoms with Crippen molar-refractivity contribution in [1.29, 1.82) is 0 Å². The highest BCUT2D eigenvalue weighted by Crippen LogP contribution is 2.37. The molecular weight excluding hydrogens is 336 g/mol. The van der Waals surface area contributed by atoms with E-state index in [1.54, 1.807) is 0 Å². The smallest absolute Gasteiger partial charge is 0.0755 e. The summed E-state index contributed by atoms with van der Waals surface area (Å²) in [5.74, 6) is 0.200. The molecule has 1 aromatic rings. The van der Waals surface area contributed by atoms with Crippen LogP contribution in [0.15, 0.2) is 48.6 Å². The summed E-state index contributed by atoms with van der Waals surface area (Å²) in [7, 11) is 0. The van der Waals surface area contributed by atoms with Crippen molar-refractivity contribution in [3.05, 3.63) is 59.7 Å². The van der Waals surface area contributed by atoms with Crippen LogP contribution in [0.25, 0.3) is 0 Å². The van der Waals surface area contributed by atoms with E-state index in [0.29, 0.717) is 6.42 Å². The molecule has 0 aliphatic heterocycles. The van der Waals surface area contributed by atoms with Gasteiger partial charge in [0.2, 0.25) is 0 Å². The second-order valence-electron chi connectivity index (χ2n) is 8.26. The average molecular weight is 371 g/mol. The van der Waals surface area contributed by atoms with Crippen molar-refractivity contribution in [2.45, 2.75) is 70.2 Å². The number of rotatable bonds is 8. The number of fused-ring (bicyclic) bond motifs is 1. The predicted molar refractivity (Wildman–Crippen MR) is 109 cm³/mol. The van der Waals surface area contributed by atoms with Gasteiger partial charge in [-0.25, -0.2) is 0 Å². The summed E-state index contributed by atoms with van der Waals surface area (Å²) in [6.07, 6.45) is 13.0. The Labute approximate surface area is 163 Å². The van der Waals surface area contributed by atoms with E-state index < -0.39 is 18.3 Å². The maximum absolute atomic E-state index is 10.7. The highest BCUT2D eigenvalue weighted by Gasteiger charge is 2.39. The van der Waals surface area contributed by atoms with E-state index in [2.05, 4.69) is 43.3 Å². The molecule has 3 rings (SSSR count). The first-order valence-corrected chi connectivity index (χ1v) is 10.5. The van der Waals surface area contributed by atoms with Crippen LogP contribution in [0.1, 0.15) is 50.2 Å². The van der Waals surface area contributed by atoms with Gasteiger partial charge in [0, 0.05) is 12.3 Å². The number of benzene rings is 1. The lowest BCUT2D eigenvalue weighted by molar-refractivity contribution is 0.116. The number of aliphatic hydroxyl groups is 3. The van der Waals surface area contributed by atoms with Gasteiger partial charge < -0.3 is 15.3 Å². The molecule has 2 aliphatic rings. The molecule has 0 spiro atoms. The van der Waals surface area contributed by atoms with Gasteiger partial charge in [-0.2, -0.15) is 0 Å². The molecule has 1 aromatic carbocycles. The number of aliphatic hydroxyl groups excluding tert-OH is 3. The first-order chi connectivity index (χ1) is 13.1. The lowest BCUT2D eigenvalue weighted by Gasteiger charge is -2.21. The Hall–Kier alpha value is -1.42. The van der Waals surface area contributed by atoms with E-state index >= 15 is 0 Å². The highest BCUT2D eigenvalue weighted by atomic mass is 16.3. The Morgan fingerprint density at radius 1 is 1.04 bits per heavy atom. The fourth-order valence-electron chi connectivity index (χ4n) is 4.70. The van der Waals surface area contributed by atoms with E-state index in [9.17, 15) is 15.3 Å². The first kappa shape index (κ1) is 20.3. The lowest BCUT2D eigenvalue weighted by atomic mass is 9.88.